The van der Waals surface area contributed by atoms with Crippen molar-refractivity contribution in [2.45, 2.75) is 13.0 Å². The Labute approximate surface area is 84.7 Å². The highest BCUT2D eigenvalue weighted by atomic mass is 32.1. The number of carbonyl (C=O) groups excluding carboxylic acids is 1. The van der Waals surface area contributed by atoms with Crippen molar-refractivity contribution in [3.05, 3.63) is 10.6 Å². The van der Waals surface area contributed by atoms with Crippen LogP contribution in [0.4, 0.5) is 0 Å². The van der Waals surface area contributed by atoms with Gasteiger partial charge < -0.3 is 15.5 Å². The maximum atomic E-state index is 11.4. The number of carbonyl (C=O) groups is 1. The predicted molar refractivity (Wildman–Crippen MR) is 50.1 cm³/mol. The highest BCUT2D eigenvalue weighted by molar-refractivity contribution is 7.07. The van der Waals surface area contributed by atoms with Crippen LogP contribution in [0.15, 0.2) is 0 Å². The Morgan fingerprint density at radius 3 is 2.93 bits per heavy atom. The van der Waals surface area contributed by atoms with Crippen molar-refractivity contribution in [2.75, 3.05) is 13.2 Å². The zero-order valence-electron chi connectivity index (χ0n) is 7.60. The minimum Gasteiger partial charge on any atom is -0.394 e. The lowest BCUT2D eigenvalue weighted by Gasteiger charge is -2.07. The Hall–Kier alpha value is -1.05. The summed E-state index contributed by atoms with van der Waals surface area (Å²) in [5.41, 5.74) is 0.561. The van der Waals surface area contributed by atoms with E-state index in [0.29, 0.717) is 10.6 Å². The molecular weight excluding hydrogens is 206 g/mol. The Morgan fingerprint density at radius 2 is 2.43 bits per heavy atom. The molecule has 1 unspecified atom stereocenters. The lowest BCUT2D eigenvalue weighted by atomic mass is 10.3. The molecular formula is C7H11N3O3S. The molecule has 0 aliphatic heterocycles. The van der Waals surface area contributed by atoms with Crippen molar-refractivity contribution in [1.29, 1.82) is 0 Å². The van der Waals surface area contributed by atoms with Crippen LogP contribution >= 0.6 is 11.5 Å². The van der Waals surface area contributed by atoms with Crippen LogP contribution < -0.4 is 5.32 Å². The molecule has 1 atom stereocenters. The summed E-state index contributed by atoms with van der Waals surface area (Å²) in [5.74, 6) is -0.329. The van der Waals surface area contributed by atoms with Crippen LogP contribution in [0.2, 0.25) is 0 Å². The first-order valence-corrected chi connectivity index (χ1v) is 4.78. The summed E-state index contributed by atoms with van der Waals surface area (Å²) in [6.07, 6.45) is -0.930. The van der Waals surface area contributed by atoms with Crippen LogP contribution in [0, 0.1) is 6.92 Å². The molecule has 0 aliphatic carbocycles. The normalized spacial score (nSPS) is 12.5. The van der Waals surface area contributed by atoms with Crippen molar-refractivity contribution in [2.24, 2.45) is 0 Å². The number of hydrogen-bond acceptors (Lipinski definition) is 6. The smallest absolute Gasteiger partial charge is 0.265 e. The van der Waals surface area contributed by atoms with Crippen molar-refractivity contribution in [3.8, 4) is 0 Å². The van der Waals surface area contributed by atoms with Crippen LogP contribution in [-0.2, 0) is 0 Å². The summed E-state index contributed by atoms with van der Waals surface area (Å²) in [5, 5.41) is 23.6. The van der Waals surface area contributed by atoms with E-state index >= 15 is 0 Å². The number of rotatable bonds is 4. The quantitative estimate of drug-likeness (QED) is 0.597. The van der Waals surface area contributed by atoms with E-state index in [2.05, 4.69) is 14.9 Å². The van der Waals surface area contributed by atoms with Crippen molar-refractivity contribution in [1.82, 2.24) is 14.9 Å². The van der Waals surface area contributed by atoms with E-state index in [9.17, 15) is 4.79 Å². The fourth-order valence-corrected chi connectivity index (χ4v) is 1.37. The third-order valence-electron chi connectivity index (χ3n) is 1.57. The average molecular weight is 217 g/mol. The second-order valence-electron chi connectivity index (χ2n) is 2.73. The van der Waals surface area contributed by atoms with Crippen molar-refractivity contribution >= 4 is 17.4 Å². The molecule has 1 heterocycles. The van der Waals surface area contributed by atoms with E-state index in [1.807, 2.05) is 0 Å². The van der Waals surface area contributed by atoms with Crippen LogP contribution in [-0.4, -0.2) is 45.0 Å². The van der Waals surface area contributed by atoms with Gasteiger partial charge in [-0.2, -0.15) is 0 Å². The van der Waals surface area contributed by atoms with E-state index in [1.165, 1.54) is 0 Å². The summed E-state index contributed by atoms with van der Waals surface area (Å²) in [6, 6.07) is 0. The molecule has 0 saturated carbocycles. The number of aliphatic hydroxyl groups excluding tert-OH is 2. The molecule has 1 aromatic rings. The molecule has 1 rings (SSSR count). The molecule has 0 aliphatic rings. The number of aliphatic hydroxyl groups is 2. The first-order chi connectivity index (χ1) is 6.65. The molecule has 0 fully saturated rings. The van der Waals surface area contributed by atoms with Gasteiger partial charge in [0.2, 0.25) is 0 Å². The maximum absolute atomic E-state index is 11.4. The van der Waals surface area contributed by atoms with E-state index in [0.717, 1.165) is 11.5 Å². The third-order valence-corrected chi connectivity index (χ3v) is 2.39. The number of aryl methyl sites for hydroxylation is 1. The molecule has 14 heavy (non-hydrogen) atoms. The summed E-state index contributed by atoms with van der Waals surface area (Å²) in [6.45, 7) is 1.33. The number of aromatic nitrogens is 2. The third kappa shape index (κ3) is 2.72. The second-order valence-corrected chi connectivity index (χ2v) is 3.49. The lowest BCUT2D eigenvalue weighted by Crippen LogP contribution is -2.33. The van der Waals surface area contributed by atoms with Gasteiger partial charge in [-0.1, -0.05) is 4.49 Å². The summed E-state index contributed by atoms with van der Waals surface area (Å²) < 4.78 is 3.61. The minimum atomic E-state index is -0.930. The molecule has 0 saturated heterocycles. The lowest BCUT2D eigenvalue weighted by molar-refractivity contribution is 0.0804. The summed E-state index contributed by atoms with van der Waals surface area (Å²) >= 11 is 1.000. The van der Waals surface area contributed by atoms with Gasteiger partial charge in [0, 0.05) is 6.54 Å². The van der Waals surface area contributed by atoms with Gasteiger partial charge in [0.15, 0.2) is 0 Å². The number of nitrogens with one attached hydrogen (secondary N) is 1. The van der Waals surface area contributed by atoms with Gasteiger partial charge in [-0.3, -0.25) is 4.79 Å². The predicted octanol–water partition coefficient (Wildman–Crippen LogP) is -1.07. The Bertz CT molecular complexity index is 315. The molecule has 0 bridgehead atoms. The van der Waals surface area contributed by atoms with Gasteiger partial charge in [0.25, 0.3) is 5.91 Å². The topological polar surface area (TPSA) is 95.3 Å². The van der Waals surface area contributed by atoms with Crippen LogP contribution in [0.3, 0.4) is 0 Å². The Morgan fingerprint density at radius 1 is 1.71 bits per heavy atom. The molecule has 78 valence electrons. The van der Waals surface area contributed by atoms with Crippen LogP contribution in [0.1, 0.15) is 15.4 Å². The van der Waals surface area contributed by atoms with E-state index in [4.69, 9.17) is 10.2 Å². The Kier molecular flexibility index (Phi) is 3.93. The van der Waals surface area contributed by atoms with Gasteiger partial charge >= 0.3 is 0 Å². The molecule has 3 N–H and O–H groups in total. The molecule has 7 heteroatoms. The largest absolute Gasteiger partial charge is 0.394 e. The standard InChI is InChI=1S/C7H11N3O3S/c1-4-6(14-10-9-4)7(13)8-2-5(12)3-11/h5,11-12H,2-3H2,1H3,(H,8,13). The molecule has 0 spiro atoms. The van der Waals surface area contributed by atoms with Crippen LogP contribution in [0.25, 0.3) is 0 Å². The summed E-state index contributed by atoms with van der Waals surface area (Å²) in [7, 11) is 0. The van der Waals surface area contributed by atoms with Gasteiger partial charge in [0.05, 0.1) is 18.4 Å². The highest BCUT2D eigenvalue weighted by Gasteiger charge is 2.13. The fourth-order valence-electron chi connectivity index (χ4n) is 0.795. The molecule has 0 aromatic carbocycles. The van der Waals surface area contributed by atoms with Crippen molar-refractivity contribution < 1.29 is 15.0 Å². The van der Waals surface area contributed by atoms with Gasteiger partial charge in [0.1, 0.15) is 4.88 Å². The fraction of sp³-hybridized carbons (Fsp3) is 0.571. The first-order valence-electron chi connectivity index (χ1n) is 4.01. The SMILES string of the molecule is Cc1nnsc1C(=O)NCC(O)CO. The number of amides is 1. The van der Waals surface area contributed by atoms with E-state index < -0.39 is 6.10 Å². The van der Waals surface area contributed by atoms with Crippen molar-refractivity contribution in [3.63, 3.8) is 0 Å². The number of hydrogen-bond donors (Lipinski definition) is 3. The van der Waals surface area contributed by atoms with Gasteiger partial charge in [-0.25, -0.2) is 0 Å². The monoisotopic (exact) mass is 217 g/mol. The highest BCUT2D eigenvalue weighted by Crippen LogP contribution is 2.07. The number of nitrogens with zero attached hydrogens (tertiary/aromatic N) is 2. The van der Waals surface area contributed by atoms with Crippen LogP contribution in [0.5, 0.6) is 0 Å². The molecule has 1 aromatic heterocycles. The van der Waals surface area contributed by atoms with E-state index in [-0.39, 0.29) is 19.1 Å². The molecule has 1 amide bonds. The minimum absolute atomic E-state index is 0.0205. The average Bonchev–Trinajstić information content (AvgIpc) is 2.60. The maximum Gasteiger partial charge on any atom is 0.265 e. The second kappa shape index (κ2) is 4.99. The Balaban J connectivity index is 2.47. The molecule has 6 nitrogen and oxygen atoms in total. The van der Waals surface area contributed by atoms with Gasteiger partial charge in [-0.15, -0.1) is 5.10 Å². The summed E-state index contributed by atoms with van der Waals surface area (Å²) in [4.78, 5) is 11.8. The first kappa shape index (κ1) is 11.0. The molecule has 0 radical (unpaired) electrons. The van der Waals surface area contributed by atoms with Gasteiger partial charge in [-0.05, 0) is 18.5 Å². The zero-order valence-corrected chi connectivity index (χ0v) is 8.41. The van der Waals surface area contributed by atoms with E-state index in [1.54, 1.807) is 6.92 Å². The zero-order chi connectivity index (χ0) is 10.6.